The van der Waals surface area contributed by atoms with Gasteiger partial charge in [0.05, 0.1) is 5.56 Å². The average Bonchev–Trinajstić information content (AvgIpc) is 3.03. The second-order valence-electron chi connectivity index (χ2n) is 8.45. The Bertz CT molecular complexity index is 1150. The van der Waals surface area contributed by atoms with E-state index in [1.54, 1.807) is 19.1 Å². The van der Waals surface area contributed by atoms with Crippen LogP contribution < -0.4 is 5.32 Å². The minimum Gasteiger partial charge on any atom is -0.352 e. The van der Waals surface area contributed by atoms with Crippen LogP contribution in [0, 0.1) is 0 Å². The summed E-state index contributed by atoms with van der Waals surface area (Å²) in [6, 6.07) is 14.8. The Hall–Kier alpha value is -3.20. The molecule has 3 rings (SSSR count). The highest BCUT2D eigenvalue weighted by Gasteiger charge is 2.41. The summed E-state index contributed by atoms with van der Waals surface area (Å²) in [5, 5.41) is 2.90. The molecular formula is C25H31N3O5S. The summed E-state index contributed by atoms with van der Waals surface area (Å²) >= 11 is 0. The highest BCUT2D eigenvalue weighted by Crippen LogP contribution is 2.30. The molecule has 34 heavy (non-hydrogen) atoms. The monoisotopic (exact) mass is 485 g/mol. The molecule has 0 fully saturated rings. The summed E-state index contributed by atoms with van der Waals surface area (Å²) in [6.07, 6.45) is 1.08. The van der Waals surface area contributed by atoms with Crippen molar-refractivity contribution in [3.8, 4) is 0 Å². The van der Waals surface area contributed by atoms with E-state index >= 15 is 0 Å². The molecule has 1 aliphatic heterocycles. The van der Waals surface area contributed by atoms with E-state index in [0.29, 0.717) is 13.0 Å². The van der Waals surface area contributed by atoms with Crippen LogP contribution in [0.15, 0.2) is 59.5 Å². The fourth-order valence-corrected chi connectivity index (χ4v) is 5.40. The van der Waals surface area contributed by atoms with Gasteiger partial charge >= 0.3 is 0 Å². The molecule has 1 N–H and O–H groups in total. The number of nitrogens with zero attached hydrogens (tertiary/aromatic N) is 2. The van der Waals surface area contributed by atoms with Crippen LogP contribution in [0.4, 0.5) is 0 Å². The van der Waals surface area contributed by atoms with Gasteiger partial charge in [0.1, 0.15) is 10.9 Å². The Morgan fingerprint density at radius 2 is 1.68 bits per heavy atom. The normalized spacial score (nSPS) is 16.0. The van der Waals surface area contributed by atoms with Crippen molar-refractivity contribution in [1.82, 2.24) is 14.5 Å². The lowest BCUT2D eigenvalue weighted by molar-refractivity contribution is -0.140. The maximum absolute atomic E-state index is 13.2. The topological polar surface area (TPSA) is 104 Å². The molecule has 0 spiro atoms. The molecule has 1 aliphatic rings. The van der Waals surface area contributed by atoms with Crippen molar-refractivity contribution >= 4 is 27.7 Å². The zero-order valence-electron chi connectivity index (χ0n) is 19.7. The smallest absolute Gasteiger partial charge is 0.269 e. The molecule has 2 aromatic rings. The highest BCUT2D eigenvalue weighted by atomic mass is 32.2. The minimum absolute atomic E-state index is 0.0353. The summed E-state index contributed by atoms with van der Waals surface area (Å²) in [6.45, 7) is 5.52. The van der Waals surface area contributed by atoms with Crippen LogP contribution in [0.25, 0.3) is 0 Å². The van der Waals surface area contributed by atoms with Gasteiger partial charge in [-0.15, -0.1) is 0 Å². The first-order chi connectivity index (χ1) is 16.2. The largest absolute Gasteiger partial charge is 0.352 e. The lowest BCUT2D eigenvalue weighted by atomic mass is 10.1. The van der Waals surface area contributed by atoms with Crippen molar-refractivity contribution in [2.75, 3.05) is 13.1 Å². The maximum atomic E-state index is 13.2. The number of nitrogens with one attached hydrogen (secondary N) is 1. The van der Waals surface area contributed by atoms with Gasteiger partial charge < -0.3 is 10.2 Å². The first kappa shape index (κ1) is 25.4. The number of hydrogen-bond acceptors (Lipinski definition) is 5. The number of benzene rings is 2. The number of amides is 3. The Kier molecular flexibility index (Phi) is 8.09. The predicted molar refractivity (Wildman–Crippen MR) is 128 cm³/mol. The van der Waals surface area contributed by atoms with Gasteiger partial charge in [0, 0.05) is 25.6 Å². The molecule has 0 saturated carbocycles. The molecule has 182 valence electrons. The molecule has 8 nitrogen and oxygen atoms in total. The Morgan fingerprint density at radius 1 is 1.03 bits per heavy atom. The summed E-state index contributed by atoms with van der Waals surface area (Å²) in [5.41, 5.74) is 1.12. The summed E-state index contributed by atoms with van der Waals surface area (Å²) < 4.78 is 26.3. The molecule has 0 aliphatic carbocycles. The van der Waals surface area contributed by atoms with Crippen molar-refractivity contribution in [3.63, 3.8) is 0 Å². The number of carbonyl (C=O) groups is 3. The maximum Gasteiger partial charge on any atom is 0.269 e. The highest BCUT2D eigenvalue weighted by molar-refractivity contribution is 7.90. The van der Waals surface area contributed by atoms with E-state index in [-0.39, 0.29) is 41.3 Å². The average molecular weight is 486 g/mol. The molecule has 0 saturated heterocycles. The first-order valence-electron chi connectivity index (χ1n) is 11.5. The first-order valence-corrected chi connectivity index (χ1v) is 12.9. The summed E-state index contributed by atoms with van der Waals surface area (Å²) in [5.74, 6) is -1.29. The number of sulfonamides is 1. The van der Waals surface area contributed by atoms with Gasteiger partial charge in [0.25, 0.3) is 15.9 Å². The summed E-state index contributed by atoms with van der Waals surface area (Å²) in [7, 11) is -3.99. The minimum atomic E-state index is -3.99. The lowest BCUT2D eigenvalue weighted by Gasteiger charge is -2.30. The van der Waals surface area contributed by atoms with Crippen molar-refractivity contribution in [2.45, 2.75) is 57.0 Å². The van der Waals surface area contributed by atoms with Crippen LogP contribution in [-0.2, 0) is 26.0 Å². The zero-order chi connectivity index (χ0) is 24.9. The van der Waals surface area contributed by atoms with Crippen molar-refractivity contribution < 1.29 is 22.8 Å². The van der Waals surface area contributed by atoms with Crippen molar-refractivity contribution in [3.05, 3.63) is 65.7 Å². The van der Waals surface area contributed by atoms with E-state index in [2.05, 4.69) is 5.32 Å². The third-order valence-corrected chi connectivity index (χ3v) is 7.93. The second kappa shape index (κ2) is 10.8. The van der Waals surface area contributed by atoms with E-state index in [4.69, 9.17) is 0 Å². The number of rotatable bonds is 10. The quantitative estimate of drug-likeness (QED) is 0.557. The summed E-state index contributed by atoms with van der Waals surface area (Å²) in [4.78, 5) is 40.1. The zero-order valence-corrected chi connectivity index (χ0v) is 20.5. The molecule has 2 aromatic carbocycles. The third-order valence-electron chi connectivity index (χ3n) is 6.09. The number of hydrogen-bond donors (Lipinski definition) is 1. The van der Waals surface area contributed by atoms with Gasteiger partial charge in [0.15, 0.2) is 0 Å². The van der Waals surface area contributed by atoms with Crippen LogP contribution in [0.5, 0.6) is 0 Å². The Morgan fingerprint density at radius 3 is 2.32 bits per heavy atom. The van der Waals surface area contributed by atoms with E-state index in [0.717, 1.165) is 16.3 Å². The van der Waals surface area contributed by atoms with E-state index < -0.39 is 22.0 Å². The second-order valence-corrected chi connectivity index (χ2v) is 10.3. The van der Waals surface area contributed by atoms with Crippen molar-refractivity contribution in [2.24, 2.45) is 0 Å². The standard InChI is InChI=1S/C25H31N3O5S/c1-4-18(2)26-24(30)19(3)27(16-14-20-10-6-5-7-11-20)23(29)15-17-28-25(31)21-12-8-9-13-22(21)34(28,32)33/h5-13,18-19H,4,14-17H2,1-3H3,(H,26,30)/t18-,19-/m1/s1. The Balaban J connectivity index is 1.74. The van der Waals surface area contributed by atoms with Gasteiger partial charge in [-0.1, -0.05) is 49.4 Å². The van der Waals surface area contributed by atoms with Crippen LogP contribution in [0.3, 0.4) is 0 Å². The third kappa shape index (κ3) is 5.47. The molecule has 0 radical (unpaired) electrons. The fourth-order valence-electron chi connectivity index (χ4n) is 3.83. The van der Waals surface area contributed by atoms with Gasteiger partial charge in [-0.05, 0) is 44.4 Å². The number of carbonyl (C=O) groups excluding carboxylic acids is 3. The van der Waals surface area contributed by atoms with E-state index in [1.807, 2.05) is 44.2 Å². The van der Waals surface area contributed by atoms with Crippen molar-refractivity contribution in [1.29, 1.82) is 0 Å². The molecular weight excluding hydrogens is 454 g/mol. The number of fused-ring (bicyclic) bond motifs is 1. The Labute approximate surface area is 201 Å². The molecule has 0 unspecified atom stereocenters. The van der Waals surface area contributed by atoms with E-state index in [1.165, 1.54) is 17.0 Å². The molecule has 1 heterocycles. The molecule has 3 amide bonds. The van der Waals surface area contributed by atoms with E-state index in [9.17, 15) is 22.8 Å². The van der Waals surface area contributed by atoms with Gasteiger partial charge in [-0.2, -0.15) is 0 Å². The van der Waals surface area contributed by atoms with Crippen LogP contribution in [0.1, 0.15) is 49.5 Å². The molecule has 9 heteroatoms. The fraction of sp³-hybridized carbons (Fsp3) is 0.400. The predicted octanol–water partition coefficient (Wildman–Crippen LogP) is 2.60. The van der Waals surface area contributed by atoms with Gasteiger partial charge in [0.2, 0.25) is 11.8 Å². The molecule has 0 bridgehead atoms. The van der Waals surface area contributed by atoms with Crippen LogP contribution in [0.2, 0.25) is 0 Å². The molecule has 0 aromatic heterocycles. The van der Waals surface area contributed by atoms with Crippen LogP contribution in [-0.4, -0.2) is 60.5 Å². The SMILES string of the molecule is CC[C@@H](C)NC(=O)[C@@H](C)N(CCc1ccccc1)C(=O)CCN1C(=O)c2ccccc2S1(=O)=O. The lowest BCUT2D eigenvalue weighted by Crippen LogP contribution is -2.51. The van der Waals surface area contributed by atoms with Gasteiger partial charge in [-0.25, -0.2) is 12.7 Å². The molecule has 2 atom stereocenters. The van der Waals surface area contributed by atoms with Crippen LogP contribution >= 0.6 is 0 Å². The van der Waals surface area contributed by atoms with Gasteiger partial charge in [-0.3, -0.25) is 14.4 Å².